The third-order valence-electron chi connectivity index (χ3n) is 16.6. The van der Waals surface area contributed by atoms with Gasteiger partial charge in [0.05, 0.1) is 44.2 Å². The van der Waals surface area contributed by atoms with E-state index in [4.69, 9.17) is 88.0 Å². The summed E-state index contributed by atoms with van der Waals surface area (Å²) in [6.45, 7) is 37.8. The molecule has 0 unspecified atom stereocenters. The van der Waals surface area contributed by atoms with Gasteiger partial charge in [-0.2, -0.15) is 0 Å². The molecule has 3 N–H and O–H groups in total. The maximum atomic E-state index is 13.0. The number of H-pyrrole nitrogens is 1. The molecule has 3 atom stereocenters. The Balaban J connectivity index is 0.000000226. The molecule has 0 aliphatic carbocycles. The van der Waals surface area contributed by atoms with Gasteiger partial charge in [-0.15, -0.1) is 0 Å². The van der Waals surface area contributed by atoms with E-state index in [2.05, 4.69) is 50.6 Å². The van der Waals surface area contributed by atoms with Crippen LogP contribution < -0.4 is 0 Å². The number of benzene rings is 3. The normalized spacial score (nSPS) is 12.7. The fourth-order valence-electron chi connectivity index (χ4n) is 11.9. The third-order valence-corrected chi connectivity index (χ3v) is 18.1. The minimum absolute atomic E-state index is 0.336. The van der Waals surface area contributed by atoms with Crippen molar-refractivity contribution in [3.63, 3.8) is 0 Å². The molecule has 0 radical (unpaired) electrons. The molecule has 6 aromatic heterocycles. The molecule has 0 saturated heterocycles. The number of esters is 2. The number of halogens is 4. The average molecular weight is 1530 g/mol. The number of hydrogen-bond acceptors (Lipinski definition) is 14. The van der Waals surface area contributed by atoms with Crippen molar-refractivity contribution in [3.8, 4) is 33.4 Å². The van der Waals surface area contributed by atoms with Crippen LogP contribution in [0.15, 0.2) is 72.8 Å². The van der Waals surface area contributed by atoms with Gasteiger partial charge in [-0.05, 0) is 201 Å². The quantitative estimate of drug-likeness (QED) is 0.0367. The number of methoxy groups -OCH3 is 4. The second kappa shape index (κ2) is 34.9. The number of aliphatic hydroxyl groups excluding tert-OH is 1. The summed E-state index contributed by atoms with van der Waals surface area (Å²) in [7, 11) is 6.11. The van der Waals surface area contributed by atoms with Gasteiger partial charge in [-0.25, -0.2) is 29.3 Å². The summed E-state index contributed by atoms with van der Waals surface area (Å²) < 4.78 is 44.8. The molecule has 99 heavy (non-hydrogen) atoms. The van der Waals surface area contributed by atoms with Crippen molar-refractivity contribution in [1.29, 1.82) is 0 Å². The predicted octanol–water partition coefficient (Wildman–Crippen LogP) is 18.5. The molecule has 536 valence electrons. The summed E-state index contributed by atoms with van der Waals surface area (Å²) in [6.07, 6.45) is -2.07. The molecule has 0 fully saturated rings. The fourth-order valence-corrected chi connectivity index (χ4v) is 12.6. The largest absolute Gasteiger partial charge is 0.479 e. The van der Waals surface area contributed by atoms with E-state index in [0.29, 0.717) is 81.8 Å². The Morgan fingerprint density at radius 2 is 0.828 bits per heavy atom. The van der Waals surface area contributed by atoms with Crippen LogP contribution in [-0.2, 0) is 60.6 Å². The molecule has 22 heteroatoms. The van der Waals surface area contributed by atoms with Crippen molar-refractivity contribution in [2.75, 3.05) is 52.7 Å². The number of ether oxygens (including phenoxy) is 7. The van der Waals surface area contributed by atoms with Gasteiger partial charge in [-0.1, -0.05) is 93.8 Å². The van der Waals surface area contributed by atoms with Crippen molar-refractivity contribution < 1.29 is 57.8 Å². The number of fused-ring (bicyclic) bond motifs is 3. The van der Waals surface area contributed by atoms with Crippen molar-refractivity contribution in [2.45, 2.75) is 179 Å². The lowest BCUT2D eigenvalue weighted by Crippen LogP contribution is -2.29. The van der Waals surface area contributed by atoms with E-state index in [9.17, 15) is 19.5 Å². The molecule has 0 amide bonds. The second-order valence-electron chi connectivity index (χ2n) is 27.2. The van der Waals surface area contributed by atoms with Crippen LogP contribution in [0.25, 0.3) is 66.5 Å². The maximum absolute atomic E-state index is 13.0. The van der Waals surface area contributed by atoms with E-state index >= 15 is 0 Å². The Morgan fingerprint density at radius 1 is 0.505 bits per heavy atom. The minimum atomic E-state index is -1.17. The molecule has 0 spiro atoms. The number of carboxylic acids is 1. The van der Waals surface area contributed by atoms with E-state index in [-0.39, 0.29) is 0 Å². The van der Waals surface area contributed by atoms with Crippen molar-refractivity contribution in [1.82, 2.24) is 29.1 Å². The van der Waals surface area contributed by atoms with Crippen molar-refractivity contribution in [2.24, 2.45) is 0 Å². The van der Waals surface area contributed by atoms with E-state index in [1.807, 2.05) is 184 Å². The van der Waals surface area contributed by atoms with Crippen LogP contribution in [0.1, 0.15) is 155 Å². The van der Waals surface area contributed by atoms with Crippen LogP contribution in [0.5, 0.6) is 0 Å². The van der Waals surface area contributed by atoms with Crippen LogP contribution in [0, 0.1) is 62.3 Å². The molecule has 0 aliphatic heterocycles. The number of rotatable bonds is 20. The lowest BCUT2D eigenvalue weighted by molar-refractivity contribution is -0.164. The summed E-state index contributed by atoms with van der Waals surface area (Å²) >= 11 is 20.7. The highest BCUT2D eigenvalue weighted by Gasteiger charge is 2.38. The first-order valence-electron chi connectivity index (χ1n) is 32.7. The summed E-state index contributed by atoms with van der Waals surface area (Å²) in [5.74, 6) is -1.96. The topological polar surface area (TPSA) is 221 Å². The number of carboxylic acid groups (broad SMARTS) is 1. The molecule has 6 heterocycles. The minimum Gasteiger partial charge on any atom is -0.479 e. The number of nitrogens with zero attached hydrogens (tertiary/aromatic N) is 5. The first-order chi connectivity index (χ1) is 46.4. The molecule has 18 nitrogen and oxygen atoms in total. The summed E-state index contributed by atoms with van der Waals surface area (Å²) in [6, 6.07) is 22.7. The molecule has 9 aromatic rings. The zero-order valence-electron chi connectivity index (χ0n) is 61.3. The summed E-state index contributed by atoms with van der Waals surface area (Å²) in [5, 5.41) is 23.0. The van der Waals surface area contributed by atoms with Gasteiger partial charge in [0.1, 0.15) is 16.9 Å². The number of aliphatic carboxylic acids is 1. The molecule has 3 aromatic carbocycles. The van der Waals surface area contributed by atoms with Gasteiger partial charge < -0.3 is 57.5 Å². The van der Waals surface area contributed by atoms with Gasteiger partial charge in [0.25, 0.3) is 0 Å². The van der Waals surface area contributed by atoms with E-state index in [1.54, 1.807) is 14.2 Å². The highest BCUT2D eigenvalue weighted by Crippen LogP contribution is 2.46. The number of carbonyl (C=O) groups excluding carboxylic acids is 2. The Kier molecular flexibility index (Phi) is 28.7. The molecule has 0 saturated carbocycles. The zero-order chi connectivity index (χ0) is 73.9. The van der Waals surface area contributed by atoms with Crippen LogP contribution >= 0.6 is 57.4 Å². The Labute approximate surface area is 611 Å². The standard InChI is InChI=1S/C26H33ClN2O4.C25H31ClN2O4.C23H27ClN2O3.C3H7IO/c1-15-17(3)29(13-14-31-7)24-20(15)22(18-9-11-19(27)12-10-18)21(16(2)28-24)23(25(30)32-8)33-26(4,5)6;1-14-16(3)28(12-13-31-7)23-19(14)21(17-8-10-18(26)11-9-17)20(15(2)27-23)22(24(29)30)32-25(4,5)6;1-12-13(2)25-21-17(12)19(15-8-10-16(24)11-9-15)18(14(3)26-21)20(22(27)28-7)29-23(4,5)6;4-2-1-3-5/h9-12,23H,13-14H2,1-8H3;8-11,22H,12-13H2,1-7H3,(H,29,30);8-11,20H,1-7H3,(H,25,26);5H,1-3H2/t23-;22-;20-;/m000./s1. The first kappa shape index (κ1) is 81.5. The number of aryl methyl sites for hydroxylation is 7. The van der Waals surface area contributed by atoms with E-state index in [0.717, 1.165) is 111 Å². The maximum Gasteiger partial charge on any atom is 0.339 e. The molecule has 9 rings (SSSR count). The summed E-state index contributed by atoms with van der Waals surface area (Å²) in [5.41, 5.74) is 16.5. The highest BCUT2D eigenvalue weighted by atomic mass is 127. The monoisotopic (exact) mass is 1530 g/mol. The molecular formula is C77H98Cl3IN6O12. The average Bonchev–Trinajstić information content (AvgIpc) is 1.66. The molecular weight excluding hydrogens is 1430 g/mol. The number of alkyl halides is 1. The van der Waals surface area contributed by atoms with Gasteiger partial charge >= 0.3 is 17.9 Å². The van der Waals surface area contributed by atoms with Gasteiger partial charge in [-0.3, -0.25) is 0 Å². The molecule has 0 bridgehead atoms. The number of aromatic nitrogens is 6. The lowest BCUT2D eigenvalue weighted by Gasteiger charge is -2.28. The lowest BCUT2D eigenvalue weighted by atomic mass is 9.91. The van der Waals surface area contributed by atoms with Gasteiger partial charge in [0, 0.05) is 137 Å². The van der Waals surface area contributed by atoms with Crippen LogP contribution in [-0.4, -0.2) is 127 Å². The summed E-state index contributed by atoms with van der Waals surface area (Å²) in [4.78, 5) is 56.2. The molecule has 0 aliphatic rings. The third kappa shape index (κ3) is 19.8. The fraction of sp³-hybridized carbons (Fsp3) is 0.455. The van der Waals surface area contributed by atoms with Gasteiger partial charge in [0.15, 0.2) is 18.3 Å². The number of aromatic amines is 1. The van der Waals surface area contributed by atoms with Crippen LogP contribution in [0.4, 0.5) is 0 Å². The van der Waals surface area contributed by atoms with Gasteiger partial charge in [0.2, 0.25) is 0 Å². The number of hydrogen-bond donors (Lipinski definition) is 3. The Morgan fingerprint density at radius 3 is 1.12 bits per heavy atom. The Hall–Kier alpha value is -6.50. The van der Waals surface area contributed by atoms with E-state index < -0.39 is 53.0 Å². The number of nitrogens with one attached hydrogen (secondary N) is 1. The highest BCUT2D eigenvalue weighted by molar-refractivity contribution is 14.1. The zero-order valence-corrected chi connectivity index (χ0v) is 65.8. The second-order valence-corrected chi connectivity index (χ2v) is 29.6. The number of carbonyl (C=O) groups is 3. The van der Waals surface area contributed by atoms with Crippen molar-refractivity contribution in [3.05, 3.63) is 155 Å². The van der Waals surface area contributed by atoms with Crippen LogP contribution in [0.2, 0.25) is 15.1 Å². The number of pyridine rings is 3. The first-order valence-corrected chi connectivity index (χ1v) is 35.4. The predicted molar refractivity (Wildman–Crippen MR) is 406 cm³/mol. The SMILES string of the molecule is COC(=O)[C@@H](OC(C)(C)C)c1c(C)nc2[nH]c(C)c(C)c2c1-c1ccc(Cl)cc1.COCCn1c(C)c(C)c2c(-c3ccc(Cl)cc3)c([C@H](OC(C)(C)C)C(=O)O)c(C)nc21.COCCn1c(C)c(C)c2c(-c3ccc(Cl)cc3)c([C@H](OC(C)(C)C)C(=O)OC)c(C)nc21.OCCCI. The van der Waals surface area contributed by atoms with E-state index in [1.165, 1.54) is 14.2 Å². The number of aliphatic hydroxyl groups is 1. The van der Waals surface area contributed by atoms with Crippen molar-refractivity contribution >= 4 is 108 Å². The smallest absolute Gasteiger partial charge is 0.339 e. The Bertz CT molecular complexity index is 4290. The van der Waals surface area contributed by atoms with Crippen LogP contribution in [0.3, 0.4) is 0 Å².